The summed E-state index contributed by atoms with van der Waals surface area (Å²) in [6.45, 7) is -1.47. The third kappa shape index (κ3) is 4.82. The fraction of sp³-hybridized carbons (Fsp3) is 0.417. The van der Waals surface area contributed by atoms with E-state index in [0.29, 0.717) is 0 Å². The molecule has 0 heterocycles. The van der Waals surface area contributed by atoms with E-state index < -0.39 is 23.9 Å². The molecule has 1 aromatic rings. The number of nitrogens with zero attached hydrogens (tertiary/aromatic N) is 1. The molecule has 9 heteroatoms. The number of non-ortho nitro benzene ring substituents is 1. The summed E-state index contributed by atoms with van der Waals surface area (Å²) in [6, 6.07) is 2.02. The minimum atomic E-state index is -3.14. The molecular weight excluding hydrogens is 312 g/mol. The predicted octanol–water partition coefficient (Wildman–Crippen LogP) is 3.04. The van der Waals surface area contributed by atoms with Crippen LogP contribution in [0.25, 0.3) is 0 Å². The Balaban J connectivity index is 3.29. The van der Waals surface area contributed by atoms with E-state index in [2.05, 4.69) is 4.74 Å². The number of hydrogen-bond acceptors (Lipinski definition) is 5. The van der Waals surface area contributed by atoms with Crippen LogP contribution in [0.15, 0.2) is 12.1 Å². The highest BCUT2D eigenvalue weighted by molar-refractivity contribution is 6.17. The van der Waals surface area contributed by atoms with Gasteiger partial charge in [0, 0.05) is 23.3 Å². The van der Waals surface area contributed by atoms with Crippen molar-refractivity contribution in [3.05, 3.63) is 33.4 Å². The lowest BCUT2D eigenvalue weighted by molar-refractivity contribution is -0.385. The normalized spacial score (nSPS) is 10.5. The second-order valence-electron chi connectivity index (χ2n) is 3.84. The van der Waals surface area contributed by atoms with E-state index in [9.17, 15) is 23.7 Å². The van der Waals surface area contributed by atoms with Crippen molar-refractivity contribution in [3.8, 4) is 5.75 Å². The second-order valence-corrected chi connectivity index (χ2v) is 4.11. The van der Waals surface area contributed by atoms with Gasteiger partial charge in [0.15, 0.2) is 0 Å². The summed E-state index contributed by atoms with van der Waals surface area (Å²) >= 11 is 5.60. The zero-order valence-electron chi connectivity index (χ0n) is 11.0. The Kier molecular flexibility index (Phi) is 6.29. The van der Waals surface area contributed by atoms with Crippen LogP contribution in [0.5, 0.6) is 5.75 Å². The van der Waals surface area contributed by atoms with Gasteiger partial charge in [-0.25, -0.2) is 0 Å². The molecule has 0 amide bonds. The molecule has 0 aliphatic carbocycles. The molecule has 0 aliphatic rings. The van der Waals surface area contributed by atoms with Crippen molar-refractivity contribution in [1.82, 2.24) is 0 Å². The Hall–Kier alpha value is -1.96. The number of benzene rings is 1. The molecule has 0 fully saturated rings. The maximum atomic E-state index is 12.4. The van der Waals surface area contributed by atoms with E-state index in [4.69, 9.17) is 16.3 Å². The molecule has 0 saturated heterocycles. The number of ether oxygens (including phenoxy) is 2. The Morgan fingerprint density at radius 3 is 2.52 bits per heavy atom. The third-order valence-electron chi connectivity index (χ3n) is 2.43. The van der Waals surface area contributed by atoms with E-state index in [1.54, 1.807) is 6.92 Å². The standard InChI is InChI=1S/C12H12ClF2NO5/c1-2-20-10(17)5-7-3-9(16(18)19)4-8(6-13)11(7)21-12(14)15/h3-4,12H,2,5-6H2,1H3. The summed E-state index contributed by atoms with van der Waals surface area (Å²) in [5, 5.41) is 10.8. The van der Waals surface area contributed by atoms with Crippen LogP contribution in [0, 0.1) is 10.1 Å². The molecule has 1 aromatic carbocycles. The quantitative estimate of drug-likeness (QED) is 0.333. The van der Waals surface area contributed by atoms with Crippen molar-refractivity contribution in [3.63, 3.8) is 0 Å². The van der Waals surface area contributed by atoms with Gasteiger partial charge in [-0.05, 0) is 6.92 Å². The highest BCUT2D eigenvalue weighted by atomic mass is 35.5. The highest BCUT2D eigenvalue weighted by Gasteiger charge is 2.22. The molecule has 0 unspecified atom stereocenters. The predicted molar refractivity (Wildman–Crippen MR) is 69.6 cm³/mol. The molecule has 1 rings (SSSR count). The number of nitro groups is 1. The first-order valence-electron chi connectivity index (χ1n) is 5.85. The summed E-state index contributed by atoms with van der Waals surface area (Å²) in [4.78, 5) is 21.6. The van der Waals surface area contributed by atoms with Crippen LogP contribution in [0.3, 0.4) is 0 Å². The molecule has 116 valence electrons. The van der Waals surface area contributed by atoms with Gasteiger partial charge in [-0.3, -0.25) is 14.9 Å². The minimum absolute atomic E-state index is 0.00506. The number of carbonyl (C=O) groups excluding carboxylic acids is 1. The van der Waals surface area contributed by atoms with Crippen molar-refractivity contribution in [2.75, 3.05) is 6.61 Å². The molecular formula is C12H12ClF2NO5. The minimum Gasteiger partial charge on any atom is -0.466 e. The highest BCUT2D eigenvalue weighted by Crippen LogP contribution is 2.32. The van der Waals surface area contributed by atoms with Crippen LogP contribution < -0.4 is 4.74 Å². The van der Waals surface area contributed by atoms with Gasteiger partial charge >= 0.3 is 12.6 Å². The fourth-order valence-electron chi connectivity index (χ4n) is 1.68. The van der Waals surface area contributed by atoms with Gasteiger partial charge in [0.25, 0.3) is 5.69 Å². The number of halogens is 3. The molecule has 0 atom stereocenters. The number of esters is 1. The maximum Gasteiger partial charge on any atom is 0.387 e. The van der Waals surface area contributed by atoms with Gasteiger partial charge in [-0.2, -0.15) is 8.78 Å². The van der Waals surface area contributed by atoms with Gasteiger partial charge in [0.1, 0.15) is 5.75 Å². The van der Waals surface area contributed by atoms with Crippen LogP contribution in [-0.2, 0) is 21.8 Å². The van der Waals surface area contributed by atoms with E-state index in [1.165, 1.54) is 0 Å². The van der Waals surface area contributed by atoms with Gasteiger partial charge in [-0.1, -0.05) is 0 Å². The number of rotatable bonds is 7. The number of nitro benzene ring substituents is 1. The molecule has 0 aromatic heterocycles. The summed E-state index contributed by atoms with van der Waals surface area (Å²) in [5.74, 6) is -1.32. The van der Waals surface area contributed by atoms with Crippen molar-refractivity contribution in [2.24, 2.45) is 0 Å². The van der Waals surface area contributed by atoms with Crippen molar-refractivity contribution in [2.45, 2.75) is 25.8 Å². The molecule has 0 spiro atoms. The Bertz CT molecular complexity index is 539. The zero-order valence-corrected chi connectivity index (χ0v) is 11.7. The second kappa shape index (κ2) is 7.72. The lowest BCUT2D eigenvalue weighted by Gasteiger charge is -2.14. The largest absolute Gasteiger partial charge is 0.466 e. The van der Waals surface area contributed by atoms with Gasteiger partial charge in [0.2, 0.25) is 0 Å². The van der Waals surface area contributed by atoms with Gasteiger partial charge in [-0.15, -0.1) is 11.6 Å². The Morgan fingerprint density at radius 2 is 2.05 bits per heavy atom. The summed E-state index contributed by atoms with van der Waals surface area (Å²) in [5.41, 5.74) is -0.435. The summed E-state index contributed by atoms with van der Waals surface area (Å²) in [6.07, 6.45) is -0.429. The van der Waals surface area contributed by atoms with Crippen molar-refractivity contribution in [1.29, 1.82) is 0 Å². The average Bonchev–Trinajstić information content (AvgIpc) is 2.39. The van der Waals surface area contributed by atoms with Crippen LogP contribution in [0.4, 0.5) is 14.5 Å². The molecule has 0 saturated carbocycles. The topological polar surface area (TPSA) is 78.7 Å². The zero-order chi connectivity index (χ0) is 16.0. The lowest BCUT2D eigenvalue weighted by Crippen LogP contribution is -2.12. The first-order chi connectivity index (χ1) is 9.88. The van der Waals surface area contributed by atoms with E-state index in [1.807, 2.05) is 0 Å². The van der Waals surface area contributed by atoms with Crippen LogP contribution in [0.1, 0.15) is 18.1 Å². The number of carbonyl (C=O) groups is 1. The van der Waals surface area contributed by atoms with Crippen LogP contribution in [-0.4, -0.2) is 24.1 Å². The average molecular weight is 324 g/mol. The molecule has 0 aliphatic heterocycles. The molecule has 6 nitrogen and oxygen atoms in total. The summed E-state index contributed by atoms with van der Waals surface area (Å²) < 4.78 is 33.9. The first kappa shape index (κ1) is 17.1. The molecule has 0 bridgehead atoms. The van der Waals surface area contributed by atoms with Crippen molar-refractivity contribution >= 4 is 23.3 Å². The molecule has 0 N–H and O–H groups in total. The molecule has 21 heavy (non-hydrogen) atoms. The third-order valence-corrected chi connectivity index (χ3v) is 2.72. The Labute approximate surface area is 123 Å². The number of alkyl halides is 3. The van der Waals surface area contributed by atoms with Crippen LogP contribution in [0.2, 0.25) is 0 Å². The Morgan fingerprint density at radius 1 is 1.43 bits per heavy atom. The SMILES string of the molecule is CCOC(=O)Cc1cc([N+](=O)[O-])cc(CCl)c1OC(F)F. The van der Waals surface area contributed by atoms with E-state index >= 15 is 0 Å². The molecule has 0 radical (unpaired) electrons. The van der Waals surface area contributed by atoms with Gasteiger partial charge < -0.3 is 9.47 Å². The smallest absolute Gasteiger partial charge is 0.387 e. The lowest BCUT2D eigenvalue weighted by atomic mass is 10.1. The van der Waals surface area contributed by atoms with E-state index in [0.717, 1.165) is 12.1 Å². The summed E-state index contributed by atoms with van der Waals surface area (Å²) in [7, 11) is 0. The van der Waals surface area contributed by atoms with Gasteiger partial charge in [0.05, 0.1) is 23.8 Å². The monoisotopic (exact) mass is 323 g/mol. The fourth-order valence-corrected chi connectivity index (χ4v) is 1.88. The van der Waals surface area contributed by atoms with Crippen molar-refractivity contribution < 1.29 is 28.0 Å². The van der Waals surface area contributed by atoms with E-state index in [-0.39, 0.29) is 35.1 Å². The maximum absolute atomic E-state index is 12.4. The van der Waals surface area contributed by atoms with Crippen LogP contribution >= 0.6 is 11.6 Å². The number of hydrogen-bond donors (Lipinski definition) is 0. The first-order valence-corrected chi connectivity index (χ1v) is 6.39.